The molecule has 12 atom stereocenters. The van der Waals surface area contributed by atoms with Crippen molar-refractivity contribution in [2.45, 2.75) is 112 Å². The first-order valence-electron chi connectivity index (χ1n) is 30.6. The second-order valence-electron chi connectivity index (χ2n) is 22.6. The normalized spacial score (nSPS) is 22.1. The lowest BCUT2D eigenvalue weighted by Crippen LogP contribution is -2.68. The van der Waals surface area contributed by atoms with E-state index in [2.05, 4.69) is 31.9 Å². The molecule has 7 rings (SSSR count). The quantitative estimate of drug-likeness (QED) is 0.0263. The standard InChI is InChI=1S/C66H78Cl2N6O20S2/c1-37(75)73-53-49(77)33-65(63(87)88,93-57(53)55(81)51(79)35-71-61(85)43-17-13-39(14-18-43)45-9-3-5-11-47(45)67)91-27-7-29-95-31-25-69-59(83)41-21-23-42(24-22-41)60(84)70-26-32-96-30-8-28-92-66(64(89)90)34-50(78)54(74-38(2)76)58(94-66)56(82)52(80)36-72-62(86)44-19-15-40(16-20-44)46-10-4-6-12-48(46)68/h3-6,9-24,49-58,77-82H,7-8,25-36H2,1-2H3,(H,69,83)(H,70,84)(H,71,85)(H,72,86)(H,73,75)(H,74,76)(H,87,88)(H,89,90)/t49-,50-,51+,52+,53+,54+,55?,56?,57+,58+,65+,66+/m0/s1. The molecule has 518 valence electrons. The molecule has 2 heterocycles. The number of hydrogen-bond donors (Lipinski definition) is 14. The molecule has 30 heteroatoms. The molecule has 6 amide bonds. The largest absolute Gasteiger partial charge is 0.477 e. The number of aliphatic carboxylic acids is 2. The lowest BCUT2D eigenvalue weighted by Gasteiger charge is -2.46. The number of ether oxygens (including phenoxy) is 4. The molecule has 0 radical (unpaired) electrons. The molecular weight excluding hydrogens is 1330 g/mol. The second-order valence-corrected chi connectivity index (χ2v) is 25.9. The zero-order valence-corrected chi connectivity index (χ0v) is 55.4. The Bertz CT molecular complexity index is 3250. The Labute approximate surface area is 571 Å². The van der Waals surface area contributed by atoms with Crippen molar-refractivity contribution in [1.82, 2.24) is 31.9 Å². The average Bonchev–Trinajstić information content (AvgIpc) is 0.775. The Morgan fingerprint density at radius 1 is 0.500 bits per heavy atom. The molecule has 5 aromatic rings. The maximum absolute atomic E-state index is 13.0. The van der Waals surface area contributed by atoms with Gasteiger partial charge >= 0.3 is 11.9 Å². The lowest BCUT2D eigenvalue weighted by molar-refractivity contribution is -0.310. The first-order chi connectivity index (χ1) is 45.8. The number of hydrogen-bond acceptors (Lipinski definition) is 20. The fraction of sp³-hybridized carbons (Fsp3) is 0.424. The fourth-order valence-corrected chi connectivity index (χ4v) is 12.7. The van der Waals surface area contributed by atoms with Crippen LogP contribution in [0.25, 0.3) is 22.3 Å². The summed E-state index contributed by atoms with van der Waals surface area (Å²) in [6.45, 7) is 1.32. The van der Waals surface area contributed by atoms with Crippen LogP contribution in [0, 0.1) is 0 Å². The summed E-state index contributed by atoms with van der Waals surface area (Å²) in [5.41, 5.74) is 4.05. The molecule has 2 aliphatic heterocycles. The Hall–Kier alpha value is -7.26. The van der Waals surface area contributed by atoms with Gasteiger partial charge in [-0.25, -0.2) is 9.59 Å². The van der Waals surface area contributed by atoms with Gasteiger partial charge in [0.05, 0.1) is 49.7 Å². The highest BCUT2D eigenvalue weighted by Gasteiger charge is 2.57. The van der Waals surface area contributed by atoms with Gasteiger partial charge in [-0.15, -0.1) is 0 Å². The van der Waals surface area contributed by atoms with Crippen molar-refractivity contribution in [3.63, 3.8) is 0 Å². The molecule has 0 spiro atoms. The summed E-state index contributed by atoms with van der Waals surface area (Å²) >= 11 is 15.4. The first-order valence-corrected chi connectivity index (χ1v) is 33.7. The van der Waals surface area contributed by atoms with Crippen molar-refractivity contribution in [3.05, 3.63) is 154 Å². The lowest BCUT2D eigenvalue weighted by atomic mass is 9.88. The number of nitrogens with one attached hydrogen (secondary N) is 6. The topological polar surface area (TPSA) is 408 Å². The number of amides is 6. The maximum atomic E-state index is 13.0. The van der Waals surface area contributed by atoms with Crippen molar-refractivity contribution < 1.29 is 98.2 Å². The highest BCUT2D eigenvalue weighted by atomic mass is 35.5. The number of rotatable bonds is 34. The summed E-state index contributed by atoms with van der Waals surface area (Å²) in [6.07, 6.45) is -14.9. The molecule has 2 fully saturated rings. The third kappa shape index (κ3) is 20.9. The van der Waals surface area contributed by atoms with E-state index in [0.717, 1.165) is 36.1 Å². The third-order valence-corrected chi connectivity index (χ3v) is 18.4. The van der Waals surface area contributed by atoms with Crippen LogP contribution < -0.4 is 31.9 Å². The predicted molar refractivity (Wildman–Crippen MR) is 356 cm³/mol. The highest BCUT2D eigenvalue weighted by molar-refractivity contribution is 7.99. The monoisotopic (exact) mass is 1410 g/mol. The van der Waals surface area contributed by atoms with Gasteiger partial charge in [-0.3, -0.25) is 28.8 Å². The number of carbonyl (C=O) groups is 8. The van der Waals surface area contributed by atoms with Crippen molar-refractivity contribution in [2.75, 3.05) is 62.4 Å². The minimum atomic E-state index is -2.50. The molecular formula is C66H78Cl2N6O20S2. The first kappa shape index (κ1) is 76.1. The van der Waals surface area contributed by atoms with E-state index in [1.54, 1.807) is 72.8 Å². The van der Waals surface area contributed by atoms with E-state index in [4.69, 9.17) is 42.1 Å². The summed E-state index contributed by atoms with van der Waals surface area (Å²) in [5, 5.41) is 104. The predicted octanol–water partition coefficient (Wildman–Crippen LogP) is 3.24. The van der Waals surface area contributed by atoms with Crippen molar-refractivity contribution in [3.8, 4) is 22.3 Å². The molecule has 0 aliphatic carbocycles. The van der Waals surface area contributed by atoms with Crippen LogP contribution in [0.15, 0.2) is 121 Å². The van der Waals surface area contributed by atoms with Crippen LogP contribution in [-0.4, -0.2) is 223 Å². The van der Waals surface area contributed by atoms with E-state index in [0.29, 0.717) is 44.2 Å². The molecule has 2 aliphatic rings. The Morgan fingerprint density at radius 3 is 1.15 bits per heavy atom. The Kier molecular flexibility index (Phi) is 28.8. The molecule has 5 aromatic carbocycles. The molecule has 2 unspecified atom stereocenters. The van der Waals surface area contributed by atoms with Crippen molar-refractivity contribution in [1.29, 1.82) is 0 Å². The number of carboxylic acid groups (broad SMARTS) is 2. The van der Waals surface area contributed by atoms with Gasteiger partial charge in [0, 0.05) is 108 Å². The van der Waals surface area contributed by atoms with Crippen LogP contribution in [0.3, 0.4) is 0 Å². The molecule has 96 heavy (non-hydrogen) atoms. The maximum Gasteiger partial charge on any atom is 0.364 e. The smallest absolute Gasteiger partial charge is 0.364 e. The summed E-state index contributed by atoms with van der Waals surface area (Å²) in [6, 6.07) is 30.5. The van der Waals surface area contributed by atoms with Gasteiger partial charge in [0.15, 0.2) is 0 Å². The van der Waals surface area contributed by atoms with Gasteiger partial charge in [-0.1, -0.05) is 83.9 Å². The molecule has 0 saturated carbocycles. The highest BCUT2D eigenvalue weighted by Crippen LogP contribution is 2.36. The van der Waals surface area contributed by atoms with Crippen molar-refractivity contribution >= 4 is 94.1 Å². The average molecular weight is 1410 g/mol. The molecule has 26 nitrogen and oxygen atoms in total. The van der Waals surface area contributed by atoms with Gasteiger partial charge in [0.2, 0.25) is 11.8 Å². The van der Waals surface area contributed by atoms with Crippen LogP contribution in [0.4, 0.5) is 0 Å². The minimum absolute atomic E-state index is 0.194. The van der Waals surface area contributed by atoms with Gasteiger partial charge < -0.3 is 91.7 Å². The summed E-state index contributed by atoms with van der Waals surface area (Å²) < 4.78 is 23.2. The zero-order valence-electron chi connectivity index (χ0n) is 52.3. The number of aliphatic hydroxyl groups is 6. The van der Waals surface area contributed by atoms with E-state index in [1.807, 2.05) is 24.3 Å². The third-order valence-electron chi connectivity index (χ3n) is 15.6. The number of carbonyl (C=O) groups excluding carboxylic acids is 6. The van der Waals surface area contributed by atoms with E-state index in [-0.39, 0.29) is 50.3 Å². The number of halogens is 2. The molecule has 0 bridgehead atoms. The van der Waals surface area contributed by atoms with Gasteiger partial charge in [-0.2, -0.15) is 23.5 Å². The van der Waals surface area contributed by atoms with E-state index in [1.165, 1.54) is 47.8 Å². The van der Waals surface area contributed by atoms with Crippen LogP contribution in [0.5, 0.6) is 0 Å². The van der Waals surface area contributed by atoms with Crippen molar-refractivity contribution in [2.24, 2.45) is 0 Å². The van der Waals surface area contributed by atoms with Crippen LogP contribution in [-0.2, 0) is 38.1 Å². The summed E-state index contributed by atoms with van der Waals surface area (Å²) in [7, 11) is 0. The van der Waals surface area contributed by atoms with Gasteiger partial charge in [-0.05, 0) is 96.1 Å². The SMILES string of the molecule is CC(=O)N[C@@H]1[C@@H](O)C[C@](OCCCSCCNC(=O)c2ccc(C(=O)NCCSCCCO[C@]3(C(=O)O)C[C@H](O)[C@@H](NC(C)=O)[C@H](C(O)[C@H](O)CNC(=O)c4ccc(-c5ccccc5Cl)cc4)O3)cc2)(C(=O)O)O[C@H]1C(O)[C@H](O)CNC(=O)c1ccc(-c2ccccc2Cl)cc1. The second kappa shape index (κ2) is 36.4. The van der Waals surface area contributed by atoms with Gasteiger partial charge in [0.25, 0.3) is 35.2 Å². The molecule has 0 aromatic heterocycles. The van der Waals surface area contributed by atoms with E-state index in [9.17, 15) is 79.2 Å². The summed E-state index contributed by atoms with van der Waals surface area (Å²) in [4.78, 5) is 102. The van der Waals surface area contributed by atoms with Crippen LogP contribution in [0.2, 0.25) is 10.0 Å². The number of carboxylic acids is 2. The molecule has 2 saturated heterocycles. The molecule has 14 N–H and O–H groups in total. The number of benzene rings is 5. The van der Waals surface area contributed by atoms with Gasteiger partial charge in [0.1, 0.15) is 24.4 Å². The summed E-state index contributed by atoms with van der Waals surface area (Å²) in [5.74, 6) is -9.81. The number of thioether (sulfide) groups is 2. The Balaban J connectivity index is 0.776. The number of aliphatic hydroxyl groups excluding tert-OH is 6. The minimum Gasteiger partial charge on any atom is -0.477 e. The zero-order chi connectivity index (χ0) is 69.7. The Morgan fingerprint density at radius 2 is 0.823 bits per heavy atom. The van der Waals surface area contributed by atoms with E-state index < -0.39 is 146 Å². The van der Waals surface area contributed by atoms with Crippen LogP contribution in [0.1, 0.15) is 81.0 Å². The van der Waals surface area contributed by atoms with Crippen LogP contribution >= 0.6 is 46.7 Å². The van der Waals surface area contributed by atoms with E-state index >= 15 is 0 Å². The fourth-order valence-electron chi connectivity index (χ4n) is 10.6.